The van der Waals surface area contributed by atoms with E-state index in [4.69, 9.17) is 0 Å². The van der Waals surface area contributed by atoms with E-state index in [2.05, 4.69) is 40.8 Å². The summed E-state index contributed by atoms with van der Waals surface area (Å²) in [6, 6.07) is 6.11. The number of nitrogens with zero attached hydrogens (tertiary/aromatic N) is 11. The van der Waals surface area contributed by atoms with Gasteiger partial charge >= 0.3 is 6.03 Å². The van der Waals surface area contributed by atoms with Gasteiger partial charge in [-0.1, -0.05) is 6.07 Å². The van der Waals surface area contributed by atoms with Crippen LogP contribution in [-0.2, 0) is 33.9 Å². The van der Waals surface area contributed by atoms with Gasteiger partial charge in [0.2, 0.25) is 17.8 Å². The molecule has 3 N–H and O–H groups in total. The number of piperazine rings is 1. The number of amides is 6. The summed E-state index contributed by atoms with van der Waals surface area (Å²) in [7, 11) is 0. The number of piperidine rings is 1. The lowest BCUT2D eigenvalue weighted by molar-refractivity contribution is -0.136. The molecule has 350 valence electrons. The SMILES string of the molecule is O=C1CCN(c2n[nH]c3cc(C4CCN(CC(=O)N5CCN(c6ncc(-c7cc(F)c8c(c7)C(=O)N(C(C(=O)Nc7nccs7)c7ncn9c7CCC9)C8)cn6)CC5)CC4(F)F)ccc23)C(=O)N1. The number of imide groups is 1. The van der Waals surface area contributed by atoms with Gasteiger partial charge in [0.15, 0.2) is 17.0 Å². The lowest BCUT2D eigenvalue weighted by atomic mass is 9.85. The summed E-state index contributed by atoms with van der Waals surface area (Å²) < 4.78 is 49.5. The molecule has 9 heterocycles. The fourth-order valence-corrected chi connectivity index (χ4v) is 10.5. The van der Waals surface area contributed by atoms with E-state index in [1.54, 1.807) is 59.5 Å². The van der Waals surface area contributed by atoms with Crippen LogP contribution in [0.25, 0.3) is 22.0 Å². The smallest absolute Gasteiger partial charge is 0.329 e. The highest BCUT2D eigenvalue weighted by atomic mass is 32.1. The van der Waals surface area contributed by atoms with Crippen LogP contribution in [0, 0.1) is 5.82 Å². The molecule has 0 bridgehead atoms. The van der Waals surface area contributed by atoms with Gasteiger partial charge in [0.25, 0.3) is 17.7 Å². The third-order valence-corrected chi connectivity index (χ3v) is 14.2. The van der Waals surface area contributed by atoms with Crippen molar-refractivity contribution in [1.29, 1.82) is 0 Å². The Morgan fingerprint density at radius 2 is 1.76 bits per heavy atom. The lowest BCUT2D eigenvalue weighted by Gasteiger charge is -2.40. The molecule has 5 aliphatic heterocycles. The van der Waals surface area contributed by atoms with Crippen molar-refractivity contribution >= 4 is 68.8 Å². The Kier molecular flexibility index (Phi) is 10.9. The molecule has 2 unspecified atom stereocenters. The van der Waals surface area contributed by atoms with Crippen LogP contribution in [0.3, 0.4) is 0 Å². The number of carbonyl (C=O) groups is 5. The van der Waals surface area contributed by atoms with Crippen LogP contribution >= 0.6 is 11.3 Å². The molecule has 6 amide bonds. The van der Waals surface area contributed by atoms with Gasteiger partial charge in [-0.3, -0.25) is 44.7 Å². The molecular formula is C45H43F3N14O5S. The molecule has 11 rings (SSSR count). The Labute approximate surface area is 389 Å². The molecule has 3 fully saturated rings. The van der Waals surface area contributed by atoms with Gasteiger partial charge < -0.3 is 19.3 Å². The van der Waals surface area contributed by atoms with E-state index < -0.39 is 48.1 Å². The van der Waals surface area contributed by atoms with Gasteiger partial charge in [-0.15, -0.1) is 11.3 Å². The van der Waals surface area contributed by atoms with Gasteiger partial charge in [-0.25, -0.2) is 37.9 Å². The number of benzene rings is 2. The maximum atomic E-state index is 15.9. The van der Waals surface area contributed by atoms with E-state index in [9.17, 15) is 24.0 Å². The minimum Gasteiger partial charge on any atom is -0.338 e. The number of imidazole rings is 1. The molecule has 0 spiro atoms. The zero-order chi connectivity index (χ0) is 46.8. The van der Waals surface area contributed by atoms with Gasteiger partial charge in [0.05, 0.1) is 43.1 Å². The van der Waals surface area contributed by atoms with Crippen molar-refractivity contribution in [2.75, 3.05) is 67.5 Å². The molecule has 2 aromatic carbocycles. The third kappa shape index (κ3) is 7.87. The number of aromatic amines is 1. The van der Waals surface area contributed by atoms with Crippen molar-refractivity contribution in [3.8, 4) is 11.1 Å². The highest BCUT2D eigenvalue weighted by Gasteiger charge is 2.46. The second-order valence-corrected chi connectivity index (χ2v) is 18.5. The predicted molar refractivity (Wildman–Crippen MR) is 240 cm³/mol. The number of aromatic nitrogens is 7. The Hall–Kier alpha value is -7.27. The van der Waals surface area contributed by atoms with Crippen LogP contribution in [0.4, 0.5) is 34.9 Å². The van der Waals surface area contributed by atoms with E-state index in [0.29, 0.717) is 89.3 Å². The second kappa shape index (κ2) is 17.1. The van der Waals surface area contributed by atoms with E-state index >= 15 is 13.2 Å². The average molecular weight is 949 g/mol. The molecule has 6 aromatic rings. The topological polar surface area (TPSA) is 211 Å². The standard InChI is InChI=1S/C45H43F3N14O5S/c46-32-17-26(16-29-30(32)21-62(41(29)66)38(40(65)54-43-49-7-15-68-43)37-34-2-1-8-60(34)24-52-37)27-19-50-42(51-20-27)59-13-11-58(12-14-59)36(64)22-57-9-5-31(45(47,48)23-57)25-3-4-28-33(18-25)55-56-39(28)61-10-6-35(63)53-44(61)67/h3-4,7,15-20,24,31,38H,1-2,5-6,8-14,21-23H2,(H,55,56)(H,49,54,65)(H,53,63,67). The van der Waals surface area contributed by atoms with Gasteiger partial charge in [-0.05, 0) is 61.2 Å². The number of hydrogen-bond donors (Lipinski definition) is 3. The fraction of sp³-hybridized carbons (Fsp3) is 0.378. The quantitative estimate of drug-likeness (QED) is 0.176. The van der Waals surface area contributed by atoms with E-state index in [1.807, 2.05) is 9.47 Å². The van der Waals surface area contributed by atoms with Crippen molar-refractivity contribution in [2.45, 2.75) is 56.7 Å². The van der Waals surface area contributed by atoms with Crippen LogP contribution in [0.1, 0.15) is 64.1 Å². The van der Waals surface area contributed by atoms with Crippen LogP contribution in [0.5, 0.6) is 0 Å². The van der Waals surface area contributed by atoms with Crippen molar-refractivity contribution in [3.05, 3.63) is 94.5 Å². The first kappa shape index (κ1) is 43.3. The Balaban J connectivity index is 0.702. The lowest BCUT2D eigenvalue weighted by Crippen LogP contribution is -2.54. The van der Waals surface area contributed by atoms with E-state index in [1.165, 1.54) is 32.1 Å². The Morgan fingerprint density at radius 3 is 2.53 bits per heavy atom. The molecule has 68 heavy (non-hydrogen) atoms. The number of aryl methyl sites for hydroxylation is 1. The second-order valence-electron chi connectivity index (χ2n) is 17.6. The van der Waals surface area contributed by atoms with E-state index in [0.717, 1.165) is 18.7 Å². The van der Waals surface area contributed by atoms with Crippen molar-refractivity contribution < 1.29 is 37.1 Å². The van der Waals surface area contributed by atoms with Crippen LogP contribution in [0.2, 0.25) is 0 Å². The molecule has 5 aliphatic rings. The van der Waals surface area contributed by atoms with E-state index in [-0.39, 0.29) is 55.4 Å². The number of nitrogens with one attached hydrogen (secondary N) is 3. The van der Waals surface area contributed by atoms with Gasteiger partial charge in [-0.2, -0.15) is 5.10 Å². The van der Waals surface area contributed by atoms with Gasteiger partial charge in [0, 0.05) is 97.4 Å². The van der Waals surface area contributed by atoms with Crippen molar-refractivity contribution in [3.63, 3.8) is 0 Å². The molecule has 19 nitrogen and oxygen atoms in total. The number of fused-ring (bicyclic) bond motifs is 3. The van der Waals surface area contributed by atoms with Crippen LogP contribution in [0.15, 0.2) is 60.6 Å². The highest BCUT2D eigenvalue weighted by Crippen LogP contribution is 2.42. The summed E-state index contributed by atoms with van der Waals surface area (Å²) in [5.74, 6) is -5.73. The molecule has 2 atom stereocenters. The van der Waals surface area contributed by atoms with Gasteiger partial charge in [0.1, 0.15) is 5.82 Å². The number of anilines is 3. The summed E-state index contributed by atoms with van der Waals surface area (Å²) in [4.78, 5) is 90.9. The number of rotatable bonds is 10. The Bertz CT molecular complexity index is 2990. The van der Waals surface area contributed by atoms with Crippen molar-refractivity contribution in [1.82, 2.24) is 54.7 Å². The number of urea groups is 1. The summed E-state index contributed by atoms with van der Waals surface area (Å²) in [6.07, 6.45) is 8.16. The number of hydrogen-bond acceptors (Lipinski definition) is 13. The number of alkyl halides is 2. The normalized spacial score (nSPS) is 19.9. The zero-order valence-corrected chi connectivity index (χ0v) is 37.1. The molecule has 23 heteroatoms. The third-order valence-electron chi connectivity index (χ3n) is 13.5. The first-order valence-electron chi connectivity index (χ1n) is 22.3. The number of carbonyl (C=O) groups excluding carboxylic acids is 5. The number of halogens is 3. The molecule has 0 aliphatic carbocycles. The molecular weight excluding hydrogens is 906 g/mol. The first-order valence-corrected chi connectivity index (χ1v) is 23.2. The summed E-state index contributed by atoms with van der Waals surface area (Å²) in [5.41, 5.74) is 3.41. The monoisotopic (exact) mass is 948 g/mol. The number of H-pyrrole nitrogens is 1. The average Bonchev–Trinajstić information content (AvgIpc) is 4.19. The molecule has 4 aromatic heterocycles. The van der Waals surface area contributed by atoms with Crippen LogP contribution in [-0.4, -0.2) is 137 Å². The maximum Gasteiger partial charge on any atom is 0.329 e. The number of likely N-dealkylation sites (tertiary alicyclic amines) is 1. The number of thiazole rings is 1. The fourth-order valence-electron chi connectivity index (χ4n) is 10.0. The molecule has 0 radical (unpaired) electrons. The Morgan fingerprint density at radius 1 is 0.941 bits per heavy atom. The molecule has 0 saturated carbocycles. The largest absolute Gasteiger partial charge is 0.338 e. The van der Waals surface area contributed by atoms with Crippen molar-refractivity contribution in [2.24, 2.45) is 0 Å². The zero-order valence-electron chi connectivity index (χ0n) is 36.3. The summed E-state index contributed by atoms with van der Waals surface area (Å²) in [5, 5.41) is 14.8. The predicted octanol–water partition coefficient (Wildman–Crippen LogP) is 4.31. The molecule has 3 saturated heterocycles. The summed E-state index contributed by atoms with van der Waals surface area (Å²) >= 11 is 1.24. The highest BCUT2D eigenvalue weighted by molar-refractivity contribution is 7.13. The summed E-state index contributed by atoms with van der Waals surface area (Å²) in [6.45, 7) is 1.80. The first-order chi connectivity index (χ1) is 32.9. The minimum absolute atomic E-state index is 0.124. The minimum atomic E-state index is -3.13. The maximum absolute atomic E-state index is 15.9. The van der Waals surface area contributed by atoms with Crippen LogP contribution < -0.4 is 20.4 Å².